The van der Waals surface area contributed by atoms with Crippen LogP contribution in [0.2, 0.25) is 0 Å². The molecule has 3 rings (SSSR count). The van der Waals surface area contributed by atoms with Crippen molar-refractivity contribution in [3.8, 4) is 11.5 Å². The molecule has 0 saturated heterocycles. The normalized spacial score (nSPS) is 11.7. The molecule has 0 aliphatic carbocycles. The minimum absolute atomic E-state index is 0.187. The highest BCUT2D eigenvalue weighted by atomic mass is 16.5. The minimum atomic E-state index is 0.187. The van der Waals surface area contributed by atoms with Crippen molar-refractivity contribution < 1.29 is 4.74 Å². The summed E-state index contributed by atoms with van der Waals surface area (Å²) in [6, 6.07) is 20.0. The van der Waals surface area contributed by atoms with Crippen molar-refractivity contribution in [1.82, 2.24) is 4.98 Å². The lowest BCUT2D eigenvalue weighted by Crippen LogP contribution is -2.14. The van der Waals surface area contributed by atoms with Gasteiger partial charge in [0, 0.05) is 24.2 Å². The first-order valence-corrected chi connectivity index (χ1v) is 8.89. The molecule has 132 valence electrons. The van der Waals surface area contributed by atoms with Gasteiger partial charge in [-0.3, -0.25) is 9.98 Å². The maximum Gasteiger partial charge on any atom is 0.127 e. The first-order chi connectivity index (χ1) is 12.6. The van der Waals surface area contributed by atoms with E-state index in [0.29, 0.717) is 0 Å². The van der Waals surface area contributed by atoms with Gasteiger partial charge in [-0.05, 0) is 59.9 Å². The first kappa shape index (κ1) is 17.9. The molecule has 1 aromatic heterocycles. The molecule has 0 radical (unpaired) electrons. The van der Waals surface area contributed by atoms with Crippen LogP contribution in [0.15, 0.2) is 78.0 Å². The van der Waals surface area contributed by atoms with Gasteiger partial charge in [0.1, 0.15) is 11.5 Å². The van der Waals surface area contributed by atoms with Gasteiger partial charge in [-0.25, -0.2) is 0 Å². The number of rotatable bonds is 6. The zero-order valence-corrected chi connectivity index (χ0v) is 15.5. The fraction of sp³-hybridized carbons (Fsp3) is 0.217. The lowest BCUT2D eigenvalue weighted by molar-refractivity contribution is 0.478. The fourth-order valence-corrected chi connectivity index (χ4v) is 2.52. The summed E-state index contributed by atoms with van der Waals surface area (Å²) in [5.41, 5.74) is 3.36. The Bertz CT molecular complexity index is 851. The van der Waals surface area contributed by atoms with Crippen LogP contribution >= 0.6 is 0 Å². The predicted molar refractivity (Wildman–Crippen MR) is 108 cm³/mol. The molecule has 0 bridgehead atoms. The minimum Gasteiger partial charge on any atom is -0.457 e. The summed E-state index contributed by atoms with van der Waals surface area (Å²) in [6.45, 7) is 6.73. The van der Waals surface area contributed by atoms with E-state index >= 15 is 0 Å². The monoisotopic (exact) mass is 344 g/mol. The predicted octanol–water partition coefficient (Wildman–Crippen LogP) is 6.31. The van der Waals surface area contributed by atoms with Crippen LogP contribution in [0.25, 0.3) is 0 Å². The lowest BCUT2D eigenvalue weighted by Gasteiger charge is -2.23. The highest BCUT2D eigenvalue weighted by molar-refractivity contribution is 5.81. The quantitative estimate of drug-likeness (QED) is 0.491. The molecule has 0 fully saturated rings. The zero-order valence-electron chi connectivity index (χ0n) is 15.5. The summed E-state index contributed by atoms with van der Waals surface area (Å²) in [4.78, 5) is 8.53. The van der Waals surface area contributed by atoms with Crippen molar-refractivity contribution in [3.63, 3.8) is 0 Å². The maximum atomic E-state index is 5.94. The lowest BCUT2D eigenvalue weighted by atomic mass is 9.82. The Labute approximate surface area is 155 Å². The Balaban J connectivity index is 1.65. The molecule has 26 heavy (non-hydrogen) atoms. The molecule has 3 nitrogen and oxygen atoms in total. The van der Waals surface area contributed by atoms with E-state index in [1.807, 2.05) is 48.5 Å². The first-order valence-electron chi connectivity index (χ1n) is 8.89. The van der Waals surface area contributed by atoms with Crippen LogP contribution in [0, 0.1) is 0 Å². The summed E-state index contributed by atoms with van der Waals surface area (Å²) in [5, 5.41) is 0. The second kappa shape index (κ2) is 7.96. The smallest absolute Gasteiger partial charge is 0.127 e. The zero-order chi connectivity index (χ0) is 18.4. The number of aliphatic imine (C=N–C) groups is 1. The number of benzene rings is 2. The van der Waals surface area contributed by atoms with Crippen molar-refractivity contribution >= 4 is 11.9 Å². The van der Waals surface area contributed by atoms with Crippen molar-refractivity contribution in [2.45, 2.75) is 32.6 Å². The second-order valence-corrected chi connectivity index (χ2v) is 6.90. The van der Waals surface area contributed by atoms with Crippen molar-refractivity contribution in [2.24, 2.45) is 4.99 Å². The van der Waals surface area contributed by atoms with Crippen molar-refractivity contribution in [2.75, 3.05) is 0 Å². The average molecular weight is 344 g/mol. The number of aromatic nitrogens is 1. The molecule has 0 aliphatic rings. The molecular weight excluding hydrogens is 320 g/mol. The Morgan fingerprint density at radius 1 is 0.962 bits per heavy atom. The molecule has 0 amide bonds. The molecule has 0 saturated carbocycles. The molecule has 0 aliphatic heterocycles. The molecule has 0 N–H and O–H groups in total. The van der Waals surface area contributed by atoms with Crippen LogP contribution in [0.4, 0.5) is 5.69 Å². The molecule has 3 heteroatoms. The third-order valence-corrected chi connectivity index (χ3v) is 4.64. The number of hydrogen-bond acceptors (Lipinski definition) is 3. The van der Waals surface area contributed by atoms with E-state index in [1.165, 1.54) is 5.56 Å². The van der Waals surface area contributed by atoms with Crippen LogP contribution in [0.5, 0.6) is 11.5 Å². The molecule has 2 aromatic carbocycles. The van der Waals surface area contributed by atoms with Gasteiger partial charge in [-0.2, -0.15) is 0 Å². The third kappa shape index (κ3) is 4.57. The highest BCUT2D eigenvalue weighted by Gasteiger charge is 2.17. The van der Waals surface area contributed by atoms with Gasteiger partial charge >= 0.3 is 0 Å². The molecule has 0 atom stereocenters. The van der Waals surface area contributed by atoms with Gasteiger partial charge in [-0.1, -0.05) is 39.0 Å². The Kier molecular flexibility index (Phi) is 5.47. The highest BCUT2D eigenvalue weighted by Crippen LogP contribution is 2.30. The van der Waals surface area contributed by atoms with Crippen LogP contribution in [0.1, 0.15) is 38.3 Å². The number of hydrogen-bond donors (Lipinski definition) is 0. The molecule has 3 aromatic rings. The summed E-state index contributed by atoms with van der Waals surface area (Å²) < 4.78 is 5.94. The van der Waals surface area contributed by atoms with E-state index in [2.05, 4.69) is 42.9 Å². The van der Waals surface area contributed by atoms with Gasteiger partial charge in [0.15, 0.2) is 0 Å². The van der Waals surface area contributed by atoms with E-state index in [4.69, 9.17) is 4.74 Å². The van der Waals surface area contributed by atoms with E-state index in [-0.39, 0.29) is 5.41 Å². The van der Waals surface area contributed by atoms with E-state index in [0.717, 1.165) is 29.2 Å². The van der Waals surface area contributed by atoms with Crippen LogP contribution < -0.4 is 4.74 Å². The topological polar surface area (TPSA) is 34.5 Å². The van der Waals surface area contributed by atoms with Gasteiger partial charge in [0.25, 0.3) is 0 Å². The van der Waals surface area contributed by atoms with Crippen LogP contribution in [0.3, 0.4) is 0 Å². The Hall–Kier alpha value is -2.94. The van der Waals surface area contributed by atoms with Gasteiger partial charge in [-0.15, -0.1) is 0 Å². The number of pyridine rings is 1. The van der Waals surface area contributed by atoms with Crippen LogP contribution in [-0.4, -0.2) is 11.2 Å². The maximum absolute atomic E-state index is 5.94. The van der Waals surface area contributed by atoms with Gasteiger partial charge in [0.2, 0.25) is 0 Å². The van der Waals surface area contributed by atoms with E-state index in [9.17, 15) is 0 Å². The SMILES string of the molecule is CCC(C)(C)c1ccc(Oc2ccc(N=Cc3cccnc3)cc2)cc1. The third-order valence-electron chi connectivity index (χ3n) is 4.64. The molecular formula is C23H24N2O. The number of nitrogens with zero attached hydrogens (tertiary/aromatic N) is 2. The summed E-state index contributed by atoms with van der Waals surface area (Å²) in [7, 11) is 0. The van der Waals surface area contributed by atoms with Crippen LogP contribution in [-0.2, 0) is 5.41 Å². The Morgan fingerprint density at radius 3 is 2.19 bits per heavy atom. The summed E-state index contributed by atoms with van der Waals surface area (Å²) in [5.74, 6) is 1.64. The molecule has 0 spiro atoms. The second-order valence-electron chi connectivity index (χ2n) is 6.90. The standard InChI is InChI=1S/C23H24N2O/c1-4-23(2,3)19-7-11-21(12-8-19)26-22-13-9-20(10-14-22)25-17-18-6-5-15-24-16-18/h5-17H,4H2,1-3H3. The fourth-order valence-electron chi connectivity index (χ4n) is 2.52. The van der Waals surface area contributed by atoms with Crippen molar-refractivity contribution in [3.05, 3.63) is 84.2 Å². The largest absolute Gasteiger partial charge is 0.457 e. The Morgan fingerprint density at radius 2 is 1.62 bits per heavy atom. The average Bonchev–Trinajstić information content (AvgIpc) is 2.69. The number of ether oxygens (including phenoxy) is 1. The molecule has 1 heterocycles. The van der Waals surface area contributed by atoms with E-state index < -0.39 is 0 Å². The van der Waals surface area contributed by atoms with Gasteiger partial charge in [0.05, 0.1) is 5.69 Å². The summed E-state index contributed by atoms with van der Waals surface area (Å²) in [6.07, 6.45) is 6.44. The molecule has 0 unspecified atom stereocenters. The van der Waals surface area contributed by atoms with Crippen molar-refractivity contribution in [1.29, 1.82) is 0 Å². The van der Waals surface area contributed by atoms with Gasteiger partial charge < -0.3 is 4.74 Å². The van der Waals surface area contributed by atoms with E-state index in [1.54, 1.807) is 18.6 Å². The summed E-state index contributed by atoms with van der Waals surface area (Å²) >= 11 is 0.